The average Bonchev–Trinajstić information content (AvgIpc) is 2.72. The first-order valence-electron chi connectivity index (χ1n) is 11.4. The van der Waals surface area contributed by atoms with Gasteiger partial charge in [0.05, 0.1) is 0 Å². The van der Waals surface area contributed by atoms with Gasteiger partial charge >= 0.3 is 0 Å². The minimum atomic E-state index is -1.75. The number of nitrogens with one attached hydrogen (secondary N) is 3. The predicted molar refractivity (Wildman–Crippen MR) is 147 cm³/mol. The number of halogens is 4. The lowest BCUT2D eigenvalue weighted by atomic mass is 10.1. The third-order valence-electron chi connectivity index (χ3n) is 5.02. The van der Waals surface area contributed by atoms with Gasteiger partial charge in [0.1, 0.15) is 6.17 Å². The molecule has 0 aliphatic carbocycles. The predicted octanol–water partition coefficient (Wildman–Crippen LogP) is 8.25. The Hall–Kier alpha value is -0.270. The van der Waals surface area contributed by atoms with Gasteiger partial charge in [-0.1, -0.05) is 122 Å². The zero-order valence-corrected chi connectivity index (χ0v) is 23.4. The second-order valence-electron chi connectivity index (χ2n) is 7.93. The Balaban J connectivity index is 2.25. The number of benzene rings is 1. The highest BCUT2D eigenvalue weighted by atomic mass is 79.9. The van der Waals surface area contributed by atoms with Crippen LogP contribution >= 0.6 is 63.0 Å². The van der Waals surface area contributed by atoms with Crippen molar-refractivity contribution in [1.29, 1.82) is 0 Å². The number of unbranched alkanes of at least 4 members (excludes halogenated alkanes) is 10. The third-order valence-corrected chi connectivity index (χ3v) is 6.42. The number of thiocarbonyl (C=S) groups is 1. The molecule has 3 N–H and O–H groups in total. The summed E-state index contributed by atoms with van der Waals surface area (Å²) in [5.41, 5.74) is 0.779. The van der Waals surface area contributed by atoms with Crippen LogP contribution in [0.4, 0.5) is 5.69 Å². The van der Waals surface area contributed by atoms with Crippen LogP contribution in [0.25, 0.3) is 0 Å². The summed E-state index contributed by atoms with van der Waals surface area (Å²) < 4.78 is -0.797. The molecule has 9 heteroatoms. The summed E-state index contributed by atoms with van der Waals surface area (Å²) in [5, 5.41) is 8.87. The Morgan fingerprint density at radius 2 is 1.41 bits per heavy atom. The molecule has 0 radical (unpaired) electrons. The Morgan fingerprint density at radius 3 is 1.91 bits per heavy atom. The largest absolute Gasteiger partial charge is 0.339 e. The average molecular weight is 588 g/mol. The summed E-state index contributed by atoms with van der Waals surface area (Å²) >= 11 is 26.8. The van der Waals surface area contributed by atoms with Gasteiger partial charge in [0.15, 0.2) is 5.11 Å². The molecule has 182 valence electrons. The molecule has 1 atom stereocenters. The first-order valence-corrected chi connectivity index (χ1v) is 13.7. The van der Waals surface area contributed by atoms with Gasteiger partial charge in [0.2, 0.25) is 9.70 Å². The maximum absolute atomic E-state index is 12.3. The maximum atomic E-state index is 12.3. The van der Waals surface area contributed by atoms with Crippen molar-refractivity contribution in [3.8, 4) is 0 Å². The molecule has 0 unspecified atom stereocenters. The van der Waals surface area contributed by atoms with Crippen LogP contribution in [0.1, 0.15) is 84.0 Å². The summed E-state index contributed by atoms with van der Waals surface area (Å²) in [7, 11) is 0. The molecular weight excluding hydrogens is 553 g/mol. The van der Waals surface area contributed by atoms with Crippen LogP contribution in [-0.2, 0) is 4.79 Å². The molecule has 0 heterocycles. The standard InChI is InChI=1S/C23H35BrCl3N3OS/c1-2-3-4-5-6-7-8-9-10-11-12-13-20(31)29-21(23(25,26)27)30-22(32)28-19-16-14-18(24)15-17-19/h14-17,21H,2-13H2,1H3,(H,29,31)(H2,28,30,32)/t21-/m1/s1. The van der Waals surface area contributed by atoms with Gasteiger partial charge in [-0.3, -0.25) is 4.79 Å². The maximum Gasteiger partial charge on any atom is 0.228 e. The molecule has 0 aliphatic rings. The molecule has 0 aliphatic heterocycles. The fraction of sp³-hybridized carbons (Fsp3) is 0.652. The van der Waals surface area contributed by atoms with E-state index in [0.717, 1.165) is 29.4 Å². The van der Waals surface area contributed by atoms with E-state index in [4.69, 9.17) is 47.0 Å². The third kappa shape index (κ3) is 14.8. The fourth-order valence-electron chi connectivity index (χ4n) is 3.21. The minimum absolute atomic E-state index is 0.170. The molecule has 0 bridgehead atoms. The van der Waals surface area contributed by atoms with Gasteiger partial charge < -0.3 is 16.0 Å². The molecule has 0 aromatic heterocycles. The molecule has 4 nitrogen and oxygen atoms in total. The van der Waals surface area contributed by atoms with E-state index in [0.29, 0.717) is 6.42 Å². The van der Waals surface area contributed by atoms with Crippen LogP contribution in [0.3, 0.4) is 0 Å². The molecule has 0 spiro atoms. The van der Waals surface area contributed by atoms with E-state index in [1.165, 1.54) is 51.4 Å². The summed E-state index contributed by atoms with van der Waals surface area (Å²) in [6, 6.07) is 7.47. The SMILES string of the molecule is CCCCCCCCCCCCCC(=O)N[C@H](NC(=S)Nc1ccc(Br)cc1)C(Cl)(Cl)Cl. The van der Waals surface area contributed by atoms with E-state index >= 15 is 0 Å². The molecule has 1 aromatic carbocycles. The number of rotatable bonds is 15. The van der Waals surface area contributed by atoms with E-state index in [-0.39, 0.29) is 11.0 Å². The quantitative estimate of drug-likeness (QED) is 0.0837. The number of amides is 1. The smallest absolute Gasteiger partial charge is 0.228 e. The Kier molecular flexibility index (Phi) is 16.0. The van der Waals surface area contributed by atoms with Crippen molar-refractivity contribution < 1.29 is 4.79 Å². The number of anilines is 1. The zero-order chi connectivity index (χ0) is 23.8. The van der Waals surface area contributed by atoms with Crippen molar-refractivity contribution >= 4 is 79.7 Å². The van der Waals surface area contributed by atoms with Crippen LogP contribution in [-0.4, -0.2) is 21.0 Å². The Bertz CT molecular complexity index is 671. The van der Waals surface area contributed by atoms with Crippen molar-refractivity contribution in [2.24, 2.45) is 0 Å². The monoisotopic (exact) mass is 585 g/mol. The number of carbonyl (C=O) groups excluding carboxylic acids is 1. The molecule has 1 aromatic rings. The highest BCUT2D eigenvalue weighted by Gasteiger charge is 2.34. The normalized spacial score (nSPS) is 12.3. The first kappa shape index (κ1) is 29.8. The summed E-state index contributed by atoms with van der Waals surface area (Å²) in [6.07, 6.45) is 13.0. The molecule has 0 saturated carbocycles. The minimum Gasteiger partial charge on any atom is -0.339 e. The fourth-order valence-corrected chi connectivity index (χ4v) is 4.04. The van der Waals surface area contributed by atoms with E-state index in [9.17, 15) is 4.79 Å². The van der Waals surface area contributed by atoms with Crippen molar-refractivity contribution in [3.63, 3.8) is 0 Å². The van der Waals surface area contributed by atoms with E-state index in [1.54, 1.807) is 0 Å². The van der Waals surface area contributed by atoms with Gasteiger partial charge in [-0.2, -0.15) is 0 Å². The van der Waals surface area contributed by atoms with Gasteiger partial charge in [-0.05, 0) is 42.9 Å². The van der Waals surface area contributed by atoms with Crippen LogP contribution in [0, 0.1) is 0 Å². The summed E-state index contributed by atoms with van der Waals surface area (Å²) in [5.74, 6) is -0.170. The molecular formula is C23H35BrCl3N3OS. The number of hydrogen-bond donors (Lipinski definition) is 3. The van der Waals surface area contributed by atoms with Gasteiger partial charge in [0, 0.05) is 16.6 Å². The van der Waals surface area contributed by atoms with E-state index < -0.39 is 9.96 Å². The van der Waals surface area contributed by atoms with Crippen LogP contribution in [0.2, 0.25) is 0 Å². The molecule has 32 heavy (non-hydrogen) atoms. The van der Waals surface area contributed by atoms with Crippen molar-refractivity contribution in [2.45, 2.75) is 93.9 Å². The molecule has 1 amide bonds. The second-order valence-corrected chi connectivity index (χ2v) is 11.6. The number of hydrogen-bond acceptors (Lipinski definition) is 2. The van der Waals surface area contributed by atoms with Gasteiger partial charge in [-0.15, -0.1) is 0 Å². The van der Waals surface area contributed by atoms with Gasteiger partial charge in [0.25, 0.3) is 0 Å². The van der Waals surface area contributed by atoms with Crippen LogP contribution in [0.15, 0.2) is 28.7 Å². The molecule has 0 fully saturated rings. The van der Waals surface area contributed by atoms with Crippen molar-refractivity contribution in [2.75, 3.05) is 5.32 Å². The first-order chi connectivity index (χ1) is 15.2. The van der Waals surface area contributed by atoms with Crippen molar-refractivity contribution in [1.82, 2.24) is 10.6 Å². The van der Waals surface area contributed by atoms with Crippen LogP contribution in [0.5, 0.6) is 0 Å². The summed E-state index contributed by atoms with van der Waals surface area (Å²) in [4.78, 5) is 12.3. The van der Waals surface area contributed by atoms with Gasteiger partial charge in [-0.25, -0.2) is 0 Å². The van der Waals surface area contributed by atoms with E-state index in [2.05, 4.69) is 38.8 Å². The Morgan fingerprint density at radius 1 is 0.906 bits per heavy atom. The second kappa shape index (κ2) is 17.2. The lowest BCUT2D eigenvalue weighted by molar-refractivity contribution is -0.122. The molecule has 0 saturated heterocycles. The topological polar surface area (TPSA) is 53.2 Å². The Labute approximate surface area is 222 Å². The summed E-state index contributed by atoms with van der Waals surface area (Å²) in [6.45, 7) is 2.24. The van der Waals surface area contributed by atoms with Crippen molar-refractivity contribution in [3.05, 3.63) is 28.7 Å². The van der Waals surface area contributed by atoms with Crippen LogP contribution < -0.4 is 16.0 Å². The number of carbonyl (C=O) groups is 1. The number of alkyl halides is 3. The highest BCUT2D eigenvalue weighted by Crippen LogP contribution is 2.29. The molecule has 1 rings (SSSR count). The zero-order valence-electron chi connectivity index (χ0n) is 18.7. The lowest BCUT2D eigenvalue weighted by Crippen LogP contribution is -2.56. The highest BCUT2D eigenvalue weighted by molar-refractivity contribution is 9.10. The lowest BCUT2D eigenvalue weighted by Gasteiger charge is -2.27. The van der Waals surface area contributed by atoms with E-state index in [1.807, 2.05) is 24.3 Å².